The van der Waals surface area contributed by atoms with Gasteiger partial charge in [0.15, 0.2) is 0 Å². The third-order valence-electron chi connectivity index (χ3n) is 2.90. The van der Waals surface area contributed by atoms with Gasteiger partial charge in [0.1, 0.15) is 0 Å². The number of nitro benzene ring substituents is 1. The second-order valence-electron chi connectivity index (χ2n) is 4.62. The molecule has 21 heavy (non-hydrogen) atoms. The monoisotopic (exact) mass is 348 g/mol. The lowest BCUT2D eigenvalue weighted by atomic mass is 10.1. The summed E-state index contributed by atoms with van der Waals surface area (Å²) in [5, 5.41) is 13.3. The largest absolute Gasteiger partial charge is 0.348 e. The Labute approximate surface area is 130 Å². The molecule has 5 nitrogen and oxygen atoms in total. The molecule has 1 amide bonds. The second-order valence-corrected chi connectivity index (χ2v) is 5.54. The molecule has 0 aliphatic rings. The zero-order valence-electron chi connectivity index (χ0n) is 11.3. The topological polar surface area (TPSA) is 72.2 Å². The van der Waals surface area contributed by atoms with Crippen LogP contribution in [0.1, 0.15) is 21.5 Å². The van der Waals surface area contributed by atoms with Gasteiger partial charge in [-0.15, -0.1) is 0 Å². The summed E-state index contributed by atoms with van der Waals surface area (Å²) in [7, 11) is 0. The number of rotatable bonds is 4. The molecule has 1 N–H and O–H groups in total. The molecule has 0 aliphatic heterocycles. The Hall–Kier alpha value is -2.21. The summed E-state index contributed by atoms with van der Waals surface area (Å²) in [5.74, 6) is -0.183. The summed E-state index contributed by atoms with van der Waals surface area (Å²) >= 11 is 3.35. The molecular formula is C15H13BrN2O3. The van der Waals surface area contributed by atoms with Crippen LogP contribution in [-0.4, -0.2) is 10.8 Å². The summed E-state index contributed by atoms with van der Waals surface area (Å²) in [6.07, 6.45) is 0. The molecule has 0 aliphatic carbocycles. The van der Waals surface area contributed by atoms with Crippen molar-refractivity contribution in [2.24, 2.45) is 0 Å². The molecule has 0 bridgehead atoms. The number of benzene rings is 2. The highest BCUT2D eigenvalue weighted by atomic mass is 79.9. The molecule has 0 saturated carbocycles. The number of nitro groups is 1. The van der Waals surface area contributed by atoms with Crippen LogP contribution in [0.4, 0.5) is 5.69 Å². The van der Waals surface area contributed by atoms with Crippen molar-refractivity contribution in [2.75, 3.05) is 0 Å². The zero-order valence-corrected chi connectivity index (χ0v) is 12.9. The Morgan fingerprint density at radius 1 is 1.24 bits per heavy atom. The van der Waals surface area contributed by atoms with E-state index in [1.54, 1.807) is 24.3 Å². The van der Waals surface area contributed by atoms with Gasteiger partial charge in [0.2, 0.25) is 0 Å². The van der Waals surface area contributed by atoms with Crippen LogP contribution in [0.5, 0.6) is 0 Å². The van der Waals surface area contributed by atoms with Crippen molar-refractivity contribution in [3.63, 3.8) is 0 Å². The molecule has 0 atom stereocenters. The van der Waals surface area contributed by atoms with Crippen LogP contribution in [0.3, 0.4) is 0 Å². The number of nitrogens with one attached hydrogen (secondary N) is 1. The number of hydrogen-bond donors (Lipinski definition) is 1. The van der Waals surface area contributed by atoms with Gasteiger partial charge in [-0.05, 0) is 36.2 Å². The summed E-state index contributed by atoms with van der Waals surface area (Å²) < 4.78 is 0.850. The van der Waals surface area contributed by atoms with Crippen LogP contribution >= 0.6 is 15.9 Å². The Bertz CT molecular complexity index is 664. The highest BCUT2D eigenvalue weighted by Gasteiger charge is 2.08. The van der Waals surface area contributed by atoms with Gasteiger partial charge in [-0.1, -0.05) is 28.1 Å². The van der Waals surface area contributed by atoms with Crippen molar-refractivity contribution in [2.45, 2.75) is 13.5 Å². The van der Waals surface area contributed by atoms with E-state index in [0.29, 0.717) is 12.1 Å². The van der Waals surface area contributed by atoms with Crippen molar-refractivity contribution < 1.29 is 9.72 Å². The minimum Gasteiger partial charge on any atom is -0.348 e. The van der Waals surface area contributed by atoms with E-state index in [-0.39, 0.29) is 11.6 Å². The SMILES string of the molecule is Cc1cc(Br)cc(C(=O)NCc2ccc([N+](=O)[O-])cc2)c1. The van der Waals surface area contributed by atoms with Crippen molar-refractivity contribution in [1.82, 2.24) is 5.32 Å². The molecule has 0 heterocycles. The number of hydrogen-bond acceptors (Lipinski definition) is 3. The molecule has 2 aromatic carbocycles. The molecule has 2 rings (SSSR count). The number of nitrogens with zero attached hydrogens (tertiary/aromatic N) is 1. The number of aryl methyl sites for hydroxylation is 1. The summed E-state index contributed by atoms with van der Waals surface area (Å²) in [5.41, 5.74) is 2.40. The van der Waals surface area contributed by atoms with Crippen LogP contribution in [0.25, 0.3) is 0 Å². The molecular weight excluding hydrogens is 336 g/mol. The molecule has 108 valence electrons. The van der Waals surface area contributed by atoms with Crippen molar-refractivity contribution >= 4 is 27.5 Å². The minimum absolute atomic E-state index is 0.0349. The molecule has 2 aromatic rings. The van der Waals surface area contributed by atoms with Gasteiger partial charge in [-0.2, -0.15) is 0 Å². The lowest BCUT2D eigenvalue weighted by Crippen LogP contribution is -2.22. The normalized spacial score (nSPS) is 10.2. The Kier molecular flexibility index (Phi) is 4.70. The summed E-state index contributed by atoms with van der Waals surface area (Å²) in [4.78, 5) is 22.2. The fourth-order valence-electron chi connectivity index (χ4n) is 1.89. The average molecular weight is 349 g/mol. The Balaban J connectivity index is 2.02. The van der Waals surface area contributed by atoms with E-state index in [1.165, 1.54) is 12.1 Å². The average Bonchev–Trinajstić information content (AvgIpc) is 2.44. The van der Waals surface area contributed by atoms with Gasteiger partial charge in [0.05, 0.1) is 4.92 Å². The van der Waals surface area contributed by atoms with Gasteiger partial charge in [-0.25, -0.2) is 0 Å². The lowest BCUT2D eigenvalue weighted by molar-refractivity contribution is -0.384. The van der Waals surface area contributed by atoms with Gasteiger partial charge >= 0.3 is 0 Å². The fraction of sp³-hybridized carbons (Fsp3) is 0.133. The van der Waals surface area contributed by atoms with Gasteiger partial charge in [0.25, 0.3) is 11.6 Å². The predicted octanol–water partition coefficient (Wildman–Crippen LogP) is 3.60. The molecule has 0 fully saturated rings. The smallest absolute Gasteiger partial charge is 0.269 e. The van der Waals surface area contributed by atoms with E-state index in [9.17, 15) is 14.9 Å². The summed E-state index contributed by atoms with van der Waals surface area (Å²) in [6.45, 7) is 2.24. The molecule has 0 aromatic heterocycles. The zero-order chi connectivity index (χ0) is 15.4. The van der Waals surface area contributed by atoms with Crippen molar-refractivity contribution in [1.29, 1.82) is 0 Å². The van der Waals surface area contributed by atoms with Gasteiger partial charge in [-0.3, -0.25) is 14.9 Å². The van der Waals surface area contributed by atoms with Gasteiger partial charge < -0.3 is 5.32 Å². The lowest BCUT2D eigenvalue weighted by Gasteiger charge is -2.07. The third kappa shape index (κ3) is 4.13. The molecule has 0 saturated heterocycles. The number of amides is 1. The highest BCUT2D eigenvalue weighted by molar-refractivity contribution is 9.10. The first-order chi connectivity index (χ1) is 9.95. The van der Waals surface area contributed by atoms with Crippen LogP contribution in [-0.2, 0) is 6.54 Å². The van der Waals surface area contributed by atoms with E-state index in [1.807, 2.05) is 13.0 Å². The first-order valence-corrected chi connectivity index (χ1v) is 7.04. The molecule has 0 radical (unpaired) electrons. The van der Waals surface area contributed by atoms with E-state index in [2.05, 4.69) is 21.2 Å². The Morgan fingerprint density at radius 2 is 1.90 bits per heavy atom. The van der Waals surface area contributed by atoms with E-state index >= 15 is 0 Å². The van der Waals surface area contributed by atoms with E-state index in [0.717, 1.165) is 15.6 Å². The predicted molar refractivity (Wildman–Crippen MR) is 83.1 cm³/mol. The molecule has 0 unspecified atom stereocenters. The van der Waals surface area contributed by atoms with Crippen molar-refractivity contribution in [3.05, 3.63) is 73.7 Å². The van der Waals surface area contributed by atoms with Crippen LogP contribution in [0.15, 0.2) is 46.9 Å². The molecule has 6 heteroatoms. The van der Waals surface area contributed by atoms with E-state index in [4.69, 9.17) is 0 Å². The van der Waals surface area contributed by atoms with Crippen molar-refractivity contribution in [3.8, 4) is 0 Å². The fourth-order valence-corrected chi connectivity index (χ4v) is 2.50. The quantitative estimate of drug-likeness (QED) is 0.677. The maximum absolute atomic E-state index is 12.1. The number of halogens is 1. The van der Waals surface area contributed by atoms with Crippen LogP contribution in [0.2, 0.25) is 0 Å². The molecule has 0 spiro atoms. The third-order valence-corrected chi connectivity index (χ3v) is 3.36. The highest BCUT2D eigenvalue weighted by Crippen LogP contribution is 2.16. The first-order valence-electron chi connectivity index (χ1n) is 6.24. The van der Waals surface area contributed by atoms with E-state index < -0.39 is 4.92 Å². The first kappa shape index (κ1) is 15.2. The number of carbonyl (C=O) groups is 1. The Morgan fingerprint density at radius 3 is 2.48 bits per heavy atom. The minimum atomic E-state index is -0.452. The second kappa shape index (κ2) is 6.49. The standard InChI is InChI=1S/C15H13BrN2O3/c1-10-6-12(8-13(16)7-10)15(19)17-9-11-2-4-14(5-3-11)18(20)21/h2-8H,9H2,1H3,(H,17,19). The van der Waals surface area contributed by atoms with Crippen LogP contribution in [0, 0.1) is 17.0 Å². The number of non-ortho nitro benzene ring substituents is 1. The number of carbonyl (C=O) groups excluding carboxylic acids is 1. The summed E-state index contributed by atoms with van der Waals surface area (Å²) in [6, 6.07) is 11.6. The van der Waals surface area contributed by atoms with Crippen LogP contribution < -0.4 is 5.32 Å². The maximum atomic E-state index is 12.1. The maximum Gasteiger partial charge on any atom is 0.269 e. The van der Waals surface area contributed by atoms with Gasteiger partial charge in [0, 0.05) is 28.7 Å².